The number of amides is 1. The topological polar surface area (TPSA) is 64.3 Å². The zero-order valence-electron chi connectivity index (χ0n) is 14.3. The first kappa shape index (κ1) is 19.2. The molecule has 3 N–H and O–H groups in total. The number of nitrogens with two attached hydrogens (primary N) is 1. The van der Waals surface area contributed by atoms with Gasteiger partial charge in [-0.15, -0.1) is 12.4 Å². The summed E-state index contributed by atoms with van der Waals surface area (Å²) in [4.78, 5) is 12.5. The minimum Gasteiger partial charge on any atom is -0.364 e. The van der Waals surface area contributed by atoms with Crippen molar-refractivity contribution < 1.29 is 9.53 Å². The number of fused-ring (bicyclic) bond motifs is 2. The molecule has 0 aliphatic heterocycles. The normalized spacial score (nSPS) is 30.1. The number of ether oxygens (including phenoxy) is 1. The molecule has 4 nitrogen and oxygen atoms in total. The van der Waals surface area contributed by atoms with Crippen molar-refractivity contribution in [2.75, 3.05) is 0 Å². The summed E-state index contributed by atoms with van der Waals surface area (Å²) in [6.45, 7) is 2.31. The van der Waals surface area contributed by atoms with E-state index >= 15 is 0 Å². The molecule has 3 atom stereocenters. The Kier molecular flexibility index (Phi) is 7.08. The Morgan fingerprint density at radius 1 is 1.25 bits per heavy atom. The second-order valence-corrected chi connectivity index (χ2v) is 7.16. The van der Waals surface area contributed by atoms with Gasteiger partial charge in [0.2, 0.25) is 5.91 Å². The summed E-state index contributed by atoms with van der Waals surface area (Å²) in [5.74, 6) is 1.10. The average molecular weight is 353 g/mol. The Labute approximate surface area is 150 Å². The first-order valence-electron chi connectivity index (χ1n) is 8.85. The van der Waals surface area contributed by atoms with Crippen molar-refractivity contribution in [3.05, 3.63) is 35.9 Å². The van der Waals surface area contributed by atoms with E-state index in [0.29, 0.717) is 30.5 Å². The molecular weight excluding hydrogens is 324 g/mol. The zero-order valence-corrected chi connectivity index (χ0v) is 15.1. The van der Waals surface area contributed by atoms with Crippen molar-refractivity contribution in [3.8, 4) is 0 Å². The summed E-state index contributed by atoms with van der Waals surface area (Å²) in [6, 6.07) is 10.6. The van der Waals surface area contributed by atoms with Gasteiger partial charge in [-0.3, -0.25) is 4.79 Å². The van der Waals surface area contributed by atoms with Crippen LogP contribution < -0.4 is 11.1 Å². The highest BCUT2D eigenvalue weighted by Gasteiger charge is 2.40. The number of hydrogen-bond acceptors (Lipinski definition) is 3. The molecule has 0 heterocycles. The van der Waals surface area contributed by atoms with Gasteiger partial charge in [0.1, 0.15) is 6.10 Å². The molecule has 3 unspecified atom stereocenters. The second-order valence-electron chi connectivity index (χ2n) is 7.16. The van der Waals surface area contributed by atoms with Crippen LogP contribution >= 0.6 is 12.4 Å². The molecule has 0 spiro atoms. The first-order chi connectivity index (χ1) is 11.1. The highest BCUT2D eigenvalue weighted by molar-refractivity contribution is 5.85. The average Bonchev–Trinajstić information content (AvgIpc) is 2.54. The molecule has 2 bridgehead atoms. The van der Waals surface area contributed by atoms with Gasteiger partial charge in [0.05, 0.1) is 6.61 Å². The molecule has 0 aromatic heterocycles. The van der Waals surface area contributed by atoms with Crippen LogP contribution in [0.1, 0.15) is 44.6 Å². The molecular formula is C19H29ClN2O2. The van der Waals surface area contributed by atoms with Gasteiger partial charge in [-0.05, 0) is 50.0 Å². The third-order valence-electron chi connectivity index (χ3n) is 5.40. The molecule has 1 aromatic carbocycles. The Bertz CT molecular complexity index is 511. The largest absolute Gasteiger partial charge is 0.364 e. The summed E-state index contributed by atoms with van der Waals surface area (Å²) in [5, 5.41) is 3.26. The monoisotopic (exact) mass is 352 g/mol. The van der Waals surface area contributed by atoms with Crippen molar-refractivity contribution in [1.29, 1.82) is 0 Å². The number of carbonyl (C=O) groups is 1. The number of hydrogen-bond donors (Lipinski definition) is 2. The lowest BCUT2D eigenvalue weighted by molar-refractivity contribution is -0.134. The minimum atomic E-state index is -0.425. The van der Waals surface area contributed by atoms with Gasteiger partial charge in [0, 0.05) is 12.1 Å². The Morgan fingerprint density at radius 2 is 1.88 bits per heavy atom. The molecule has 5 heteroatoms. The molecule has 24 heavy (non-hydrogen) atoms. The lowest BCUT2D eigenvalue weighted by atomic mass is 9.67. The van der Waals surface area contributed by atoms with Crippen LogP contribution in [0.2, 0.25) is 0 Å². The fourth-order valence-electron chi connectivity index (χ4n) is 4.18. The van der Waals surface area contributed by atoms with E-state index in [4.69, 9.17) is 10.5 Å². The zero-order chi connectivity index (χ0) is 16.2. The van der Waals surface area contributed by atoms with Gasteiger partial charge < -0.3 is 15.8 Å². The lowest BCUT2D eigenvalue weighted by Gasteiger charge is -2.45. The van der Waals surface area contributed by atoms with Crippen molar-refractivity contribution in [1.82, 2.24) is 5.32 Å². The number of benzene rings is 1. The van der Waals surface area contributed by atoms with Crippen LogP contribution in [0.15, 0.2) is 30.3 Å². The molecule has 2 aliphatic carbocycles. The van der Waals surface area contributed by atoms with E-state index in [1.165, 1.54) is 19.3 Å². The molecule has 134 valence electrons. The van der Waals surface area contributed by atoms with E-state index in [2.05, 4.69) is 5.32 Å². The van der Waals surface area contributed by atoms with Crippen molar-refractivity contribution >= 4 is 18.3 Å². The molecule has 0 radical (unpaired) electrons. The summed E-state index contributed by atoms with van der Waals surface area (Å²) in [6.07, 6.45) is 5.31. The molecule has 3 rings (SSSR count). The second kappa shape index (κ2) is 8.84. The van der Waals surface area contributed by atoms with E-state index in [1.807, 2.05) is 37.3 Å². The standard InChI is InChI=1S/C19H28N2O2.ClH/c1-13(23-12-14-6-3-2-4-7-14)19(22)21-18-15-8-5-9-16(18)11-17(20)10-15;/h2-4,6-7,13,15-18H,5,8-12,20H2,1H3,(H,21,22);1H. The smallest absolute Gasteiger partial charge is 0.249 e. The predicted octanol–water partition coefficient (Wildman–Crippen LogP) is 3.04. The van der Waals surface area contributed by atoms with Crippen LogP contribution in [0.4, 0.5) is 0 Å². The highest BCUT2D eigenvalue weighted by atomic mass is 35.5. The van der Waals surface area contributed by atoms with Crippen molar-refractivity contribution in [3.63, 3.8) is 0 Å². The molecule has 2 fully saturated rings. The SMILES string of the molecule is CC(OCc1ccccc1)C(=O)NC1C2CCCC1CC(N)C2.Cl. The van der Waals surface area contributed by atoms with Gasteiger partial charge >= 0.3 is 0 Å². The Balaban J connectivity index is 0.00000208. The van der Waals surface area contributed by atoms with E-state index in [-0.39, 0.29) is 18.3 Å². The predicted molar refractivity (Wildman–Crippen MR) is 97.9 cm³/mol. The molecule has 2 saturated carbocycles. The number of nitrogens with one attached hydrogen (secondary N) is 1. The van der Waals surface area contributed by atoms with E-state index in [1.54, 1.807) is 0 Å². The van der Waals surface area contributed by atoms with E-state index in [0.717, 1.165) is 18.4 Å². The van der Waals surface area contributed by atoms with Gasteiger partial charge in [-0.2, -0.15) is 0 Å². The summed E-state index contributed by atoms with van der Waals surface area (Å²) in [7, 11) is 0. The molecule has 1 amide bonds. The lowest BCUT2D eigenvalue weighted by Crippen LogP contribution is -2.55. The fraction of sp³-hybridized carbons (Fsp3) is 0.632. The summed E-state index contributed by atoms with van der Waals surface area (Å²) >= 11 is 0. The molecule has 1 aromatic rings. The molecule has 2 aliphatic rings. The van der Waals surface area contributed by atoms with E-state index < -0.39 is 6.10 Å². The van der Waals surface area contributed by atoms with Crippen molar-refractivity contribution in [2.24, 2.45) is 17.6 Å². The maximum Gasteiger partial charge on any atom is 0.249 e. The van der Waals surface area contributed by atoms with Gasteiger partial charge in [0.25, 0.3) is 0 Å². The van der Waals surface area contributed by atoms with E-state index in [9.17, 15) is 4.79 Å². The van der Waals surface area contributed by atoms with Crippen molar-refractivity contribution in [2.45, 2.75) is 63.8 Å². The number of carbonyl (C=O) groups excluding carboxylic acids is 1. The van der Waals surface area contributed by atoms with Gasteiger partial charge in [0.15, 0.2) is 0 Å². The van der Waals surface area contributed by atoms with Gasteiger partial charge in [-0.25, -0.2) is 0 Å². The maximum atomic E-state index is 12.5. The first-order valence-corrected chi connectivity index (χ1v) is 8.85. The maximum absolute atomic E-state index is 12.5. The van der Waals surface area contributed by atoms with Gasteiger partial charge in [-0.1, -0.05) is 36.8 Å². The highest BCUT2D eigenvalue weighted by Crippen LogP contribution is 2.39. The fourth-order valence-corrected chi connectivity index (χ4v) is 4.18. The summed E-state index contributed by atoms with van der Waals surface area (Å²) in [5.41, 5.74) is 7.24. The minimum absolute atomic E-state index is 0. The quantitative estimate of drug-likeness (QED) is 0.856. The summed E-state index contributed by atoms with van der Waals surface area (Å²) < 4.78 is 5.74. The third kappa shape index (κ3) is 4.71. The van der Waals surface area contributed by atoms with Crippen LogP contribution in [0.3, 0.4) is 0 Å². The van der Waals surface area contributed by atoms with Crippen LogP contribution in [0.5, 0.6) is 0 Å². The molecule has 0 saturated heterocycles. The number of halogens is 1. The Morgan fingerprint density at radius 3 is 2.50 bits per heavy atom. The Hall–Kier alpha value is -1.10. The number of rotatable bonds is 5. The van der Waals surface area contributed by atoms with Crippen LogP contribution in [0.25, 0.3) is 0 Å². The van der Waals surface area contributed by atoms with Crippen LogP contribution in [-0.4, -0.2) is 24.1 Å². The third-order valence-corrected chi connectivity index (χ3v) is 5.40. The van der Waals surface area contributed by atoms with Crippen LogP contribution in [-0.2, 0) is 16.1 Å². The van der Waals surface area contributed by atoms with Crippen LogP contribution in [0, 0.1) is 11.8 Å².